The first-order valence-electron chi connectivity index (χ1n) is 8.92. The fourth-order valence-corrected chi connectivity index (χ4v) is 3.10. The van der Waals surface area contributed by atoms with E-state index in [1.165, 1.54) is 0 Å². The van der Waals surface area contributed by atoms with Crippen molar-refractivity contribution < 1.29 is 4.79 Å². The van der Waals surface area contributed by atoms with Crippen molar-refractivity contribution in [3.05, 3.63) is 89.2 Å². The summed E-state index contributed by atoms with van der Waals surface area (Å²) in [5.74, 6) is -0.212. The second kappa shape index (κ2) is 7.01. The number of pyridine rings is 1. The van der Waals surface area contributed by atoms with E-state index in [-0.39, 0.29) is 5.91 Å². The molecule has 0 bridgehead atoms. The Bertz CT molecular complexity index is 1230. The Hall–Kier alpha value is -3.91. The monoisotopic (exact) mass is 366 g/mol. The quantitative estimate of drug-likeness (QED) is 0.569. The molecule has 1 N–H and O–H groups in total. The van der Waals surface area contributed by atoms with Crippen LogP contribution in [0.2, 0.25) is 0 Å². The third-order valence-electron chi connectivity index (χ3n) is 4.74. The smallest absolute Gasteiger partial charge is 0.255 e. The molecule has 4 aromatic rings. The lowest BCUT2D eigenvalue weighted by Gasteiger charge is -2.10. The summed E-state index contributed by atoms with van der Waals surface area (Å²) >= 11 is 0. The van der Waals surface area contributed by atoms with Gasteiger partial charge in [-0.05, 0) is 61.4 Å². The Kier molecular flexibility index (Phi) is 4.38. The van der Waals surface area contributed by atoms with E-state index in [0.717, 1.165) is 33.7 Å². The molecule has 0 aliphatic heterocycles. The summed E-state index contributed by atoms with van der Waals surface area (Å²) in [5, 5.41) is 11.9. The van der Waals surface area contributed by atoms with Crippen molar-refractivity contribution in [3.8, 4) is 17.3 Å². The van der Waals surface area contributed by atoms with E-state index < -0.39 is 0 Å². The standard InChI is InChI=1S/C23H18N4O/c1-15-5-8-19(21-14-27-11-3-4-16(2)22(27)25-21)12-20(15)26-23(28)18-9-6-17(13-24)7-10-18/h3-12,14H,1-2H3,(H,26,28). The van der Waals surface area contributed by atoms with E-state index in [0.29, 0.717) is 11.1 Å². The summed E-state index contributed by atoms with van der Waals surface area (Å²) in [4.78, 5) is 17.3. The molecule has 0 aliphatic carbocycles. The van der Waals surface area contributed by atoms with E-state index in [1.54, 1.807) is 24.3 Å². The molecule has 2 heterocycles. The van der Waals surface area contributed by atoms with Crippen molar-refractivity contribution >= 4 is 17.2 Å². The van der Waals surface area contributed by atoms with Crippen molar-refractivity contribution in [1.29, 1.82) is 5.26 Å². The highest BCUT2D eigenvalue weighted by molar-refractivity contribution is 6.05. The molecular formula is C23H18N4O. The van der Waals surface area contributed by atoms with Crippen molar-refractivity contribution in [3.63, 3.8) is 0 Å². The van der Waals surface area contributed by atoms with Crippen molar-refractivity contribution in [1.82, 2.24) is 9.38 Å². The number of hydrogen-bond acceptors (Lipinski definition) is 3. The summed E-state index contributed by atoms with van der Waals surface area (Å²) in [6.07, 6.45) is 3.96. The van der Waals surface area contributed by atoms with Crippen molar-refractivity contribution in [2.24, 2.45) is 0 Å². The summed E-state index contributed by atoms with van der Waals surface area (Å²) in [6.45, 7) is 3.98. The minimum Gasteiger partial charge on any atom is -0.322 e. The molecule has 0 saturated carbocycles. The third kappa shape index (κ3) is 3.24. The number of benzene rings is 2. The number of anilines is 1. The van der Waals surface area contributed by atoms with Gasteiger partial charge in [-0.1, -0.05) is 18.2 Å². The summed E-state index contributed by atoms with van der Waals surface area (Å²) < 4.78 is 2.00. The van der Waals surface area contributed by atoms with E-state index in [4.69, 9.17) is 10.2 Å². The Morgan fingerprint density at radius 2 is 1.86 bits per heavy atom. The van der Waals surface area contributed by atoms with E-state index in [9.17, 15) is 4.79 Å². The highest BCUT2D eigenvalue weighted by Crippen LogP contribution is 2.26. The Morgan fingerprint density at radius 1 is 1.07 bits per heavy atom. The van der Waals surface area contributed by atoms with Gasteiger partial charge in [0.2, 0.25) is 0 Å². The number of nitrogens with one attached hydrogen (secondary N) is 1. The van der Waals surface area contributed by atoms with Crippen LogP contribution in [0.25, 0.3) is 16.9 Å². The maximum absolute atomic E-state index is 12.6. The zero-order valence-electron chi connectivity index (χ0n) is 15.6. The lowest BCUT2D eigenvalue weighted by atomic mass is 10.1. The van der Waals surface area contributed by atoms with Crippen LogP contribution in [-0.2, 0) is 0 Å². The molecule has 0 radical (unpaired) electrons. The molecule has 4 rings (SSSR count). The zero-order chi connectivity index (χ0) is 19.7. The van der Waals surface area contributed by atoms with Gasteiger partial charge in [-0.3, -0.25) is 4.79 Å². The lowest BCUT2D eigenvalue weighted by Crippen LogP contribution is -2.12. The molecule has 2 aromatic heterocycles. The Balaban J connectivity index is 1.65. The van der Waals surface area contributed by atoms with Gasteiger partial charge in [-0.15, -0.1) is 0 Å². The number of fused-ring (bicyclic) bond motifs is 1. The van der Waals surface area contributed by atoms with Crippen molar-refractivity contribution in [2.45, 2.75) is 13.8 Å². The van der Waals surface area contributed by atoms with Gasteiger partial charge < -0.3 is 9.72 Å². The number of aryl methyl sites for hydroxylation is 2. The normalized spacial score (nSPS) is 10.6. The number of carbonyl (C=O) groups excluding carboxylic acids is 1. The summed E-state index contributed by atoms with van der Waals surface area (Å²) in [7, 11) is 0. The third-order valence-corrected chi connectivity index (χ3v) is 4.74. The molecule has 5 nitrogen and oxygen atoms in total. The van der Waals surface area contributed by atoms with Gasteiger partial charge in [-0.25, -0.2) is 4.98 Å². The molecule has 5 heteroatoms. The molecule has 0 spiro atoms. The SMILES string of the molecule is Cc1ccc(-c2cn3cccc(C)c3n2)cc1NC(=O)c1ccc(C#N)cc1. The number of carbonyl (C=O) groups is 1. The topological polar surface area (TPSA) is 70.2 Å². The van der Waals surface area contributed by atoms with E-state index in [2.05, 4.69) is 11.4 Å². The van der Waals surface area contributed by atoms with Crippen LogP contribution < -0.4 is 5.32 Å². The first-order valence-corrected chi connectivity index (χ1v) is 8.92. The second-order valence-electron chi connectivity index (χ2n) is 6.72. The summed E-state index contributed by atoms with van der Waals surface area (Å²) in [5.41, 5.74) is 6.54. The van der Waals surface area contributed by atoms with Crippen LogP contribution in [0.15, 0.2) is 67.0 Å². The molecular weight excluding hydrogens is 348 g/mol. The Morgan fingerprint density at radius 3 is 2.57 bits per heavy atom. The minimum atomic E-state index is -0.212. The van der Waals surface area contributed by atoms with Crippen molar-refractivity contribution in [2.75, 3.05) is 5.32 Å². The van der Waals surface area contributed by atoms with Crippen LogP contribution in [-0.4, -0.2) is 15.3 Å². The summed E-state index contributed by atoms with van der Waals surface area (Å²) in [6, 6.07) is 18.6. The predicted molar refractivity (Wildman–Crippen MR) is 109 cm³/mol. The molecule has 28 heavy (non-hydrogen) atoms. The van der Waals surface area contributed by atoms with Crippen LogP contribution in [0.1, 0.15) is 27.0 Å². The molecule has 1 amide bonds. The van der Waals surface area contributed by atoms with Gasteiger partial charge in [0, 0.05) is 29.2 Å². The highest BCUT2D eigenvalue weighted by Gasteiger charge is 2.11. The molecule has 0 unspecified atom stereocenters. The number of imidazole rings is 1. The Labute approximate surface area is 162 Å². The first-order chi connectivity index (χ1) is 13.5. The first kappa shape index (κ1) is 17.5. The average molecular weight is 366 g/mol. The zero-order valence-corrected chi connectivity index (χ0v) is 15.6. The number of amides is 1. The maximum Gasteiger partial charge on any atom is 0.255 e. The second-order valence-corrected chi connectivity index (χ2v) is 6.72. The van der Waals surface area contributed by atoms with Crippen LogP contribution in [0, 0.1) is 25.2 Å². The van der Waals surface area contributed by atoms with E-state index in [1.807, 2.05) is 61.0 Å². The minimum absolute atomic E-state index is 0.212. The van der Waals surface area contributed by atoms with E-state index >= 15 is 0 Å². The number of nitrogens with zero attached hydrogens (tertiary/aromatic N) is 3. The van der Waals surface area contributed by atoms with Gasteiger partial charge in [0.05, 0.1) is 17.3 Å². The van der Waals surface area contributed by atoms with Gasteiger partial charge in [-0.2, -0.15) is 5.26 Å². The number of nitriles is 1. The number of rotatable bonds is 3. The molecule has 136 valence electrons. The maximum atomic E-state index is 12.6. The lowest BCUT2D eigenvalue weighted by molar-refractivity contribution is 0.102. The largest absolute Gasteiger partial charge is 0.322 e. The predicted octanol–water partition coefficient (Wildman–Crippen LogP) is 4.74. The fraction of sp³-hybridized carbons (Fsp3) is 0.0870. The average Bonchev–Trinajstić information content (AvgIpc) is 3.15. The number of aromatic nitrogens is 2. The molecule has 2 aromatic carbocycles. The fourth-order valence-electron chi connectivity index (χ4n) is 3.10. The van der Waals surface area contributed by atoms with Gasteiger partial charge in [0.15, 0.2) is 0 Å². The molecule has 0 atom stereocenters. The number of hydrogen-bond donors (Lipinski definition) is 1. The molecule has 0 fully saturated rings. The van der Waals surface area contributed by atoms with Crippen LogP contribution in [0.5, 0.6) is 0 Å². The van der Waals surface area contributed by atoms with Crippen LogP contribution in [0.4, 0.5) is 5.69 Å². The van der Waals surface area contributed by atoms with Gasteiger partial charge in [0.1, 0.15) is 5.65 Å². The van der Waals surface area contributed by atoms with Gasteiger partial charge >= 0.3 is 0 Å². The molecule has 0 aliphatic rings. The van der Waals surface area contributed by atoms with Crippen LogP contribution >= 0.6 is 0 Å². The van der Waals surface area contributed by atoms with Crippen LogP contribution in [0.3, 0.4) is 0 Å². The highest BCUT2D eigenvalue weighted by atomic mass is 16.1. The molecule has 0 saturated heterocycles. The van der Waals surface area contributed by atoms with Gasteiger partial charge in [0.25, 0.3) is 5.91 Å².